The Balaban J connectivity index is 2.10. The van der Waals surface area contributed by atoms with Crippen molar-refractivity contribution in [2.24, 2.45) is 5.92 Å². The molecule has 0 N–H and O–H groups in total. The molecule has 1 aromatic rings. The van der Waals surface area contributed by atoms with Crippen molar-refractivity contribution >= 4 is 17.5 Å². The summed E-state index contributed by atoms with van der Waals surface area (Å²) < 4.78 is 13.0. The van der Waals surface area contributed by atoms with Gasteiger partial charge < -0.3 is 4.90 Å². The van der Waals surface area contributed by atoms with E-state index < -0.39 is 5.82 Å². The maximum absolute atomic E-state index is 13.0. The smallest absolute Gasteiger partial charge is 0.222 e. The van der Waals surface area contributed by atoms with Crippen LogP contribution in [0.25, 0.3) is 0 Å². The average Bonchev–Trinajstić information content (AvgIpc) is 2.36. The highest BCUT2D eigenvalue weighted by Gasteiger charge is 2.25. The molecule has 0 bridgehead atoms. The number of nitriles is 1. The van der Waals surface area contributed by atoms with Gasteiger partial charge in [-0.25, -0.2) is 4.39 Å². The first-order valence-corrected chi connectivity index (χ1v) is 6.09. The van der Waals surface area contributed by atoms with Gasteiger partial charge >= 0.3 is 0 Å². The van der Waals surface area contributed by atoms with E-state index in [2.05, 4.69) is 6.07 Å². The minimum absolute atomic E-state index is 0.0296. The Kier molecular flexibility index (Phi) is 3.83. The molecule has 2 rings (SSSR count). The number of benzene rings is 1. The van der Waals surface area contributed by atoms with Crippen LogP contribution in [0.1, 0.15) is 18.4 Å². The van der Waals surface area contributed by atoms with Gasteiger partial charge in [0, 0.05) is 19.5 Å². The molecule has 0 radical (unpaired) electrons. The lowest BCUT2D eigenvalue weighted by Gasteiger charge is -2.29. The number of carbonyl (C=O) groups is 1. The molecule has 1 saturated heterocycles. The lowest BCUT2D eigenvalue weighted by Crippen LogP contribution is -2.38. The predicted octanol–water partition coefficient (Wildman–Crippen LogP) is 2.74. The summed E-state index contributed by atoms with van der Waals surface area (Å²) in [4.78, 5) is 13.3. The number of halogens is 2. The number of hydrogen-bond acceptors (Lipinski definition) is 2. The van der Waals surface area contributed by atoms with Crippen LogP contribution < -0.4 is 0 Å². The van der Waals surface area contributed by atoms with Gasteiger partial charge in [-0.3, -0.25) is 4.79 Å². The van der Waals surface area contributed by atoms with Crippen molar-refractivity contribution in [3.63, 3.8) is 0 Å². The Hall–Kier alpha value is -1.60. The van der Waals surface area contributed by atoms with Crippen LogP contribution in [0.15, 0.2) is 18.2 Å². The molecule has 1 fully saturated rings. The Morgan fingerprint density at radius 3 is 3.00 bits per heavy atom. The summed E-state index contributed by atoms with van der Waals surface area (Å²) in [5.74, 6) is -0.555. The molecule has 0 aliphatic carbocycles. The monoisotopic (exact) mass is 266 g/mol. The van der Waals surface area contributed by atoms with E-state index >= 15 is 0 Å². The van der Waals surface area contributed by atoms with Crippen LogP contribution in [0, 0.1) is 23.1 Å². The molecular weight excluding hydrogens is 255 g/mol. The molecular formula is C13H12ClFN2O. The van der Waals surface area contributed by atoms with E-state index in [1.54, 1.807) is 11.0 Å². The van der Waals surface area contributed by atoms with Gasteiger partial charge in [0.2, 0.25) is 5.91 Å². The highest BCUT2D eigenvalue weighted by atomic mass is 35.5. The second-order valence-corrected chi connectivity index (χ2v) is 4.79. The van der Waals surface area contributed by atoms with Crippen LogP contribution in [-0.2, 0) is 11.3 Å². The standard InChI is InChI=1S/C13H12ClFN2O/c14-11-5-9(1-3-12(11)15)7-17-8-10(6-16)2-4-13(17)18/h1,3,5,10H,2,4,7-8H2. The van der Waals surface area contributed by atoms with Gasteiger partial charge in [0.1, 0.15) is 5.82 Å². The quantitative estimate of drug-likeness (QED) is 0.826. The van der Waals surface area contributed by atoms with Crippen molar-refractivity contribution in [1.82, 2.24) is 4.90 Å². The minimum Gasteiger partial charge on any atom is -0.337 e. The normalized spacial score (nSPS) is 19.7. The number of nitrogens with zero attached hydrogens (tertiary/aromatic N) is 2. The third kappa shape index (κ3) is 2.80. The number of rotatable bonds is 2. The van der Waals surface area contributed by atoms with Crippen molar-refractivity contribution in [2.75, 3.05) is 6.54 Å². The van der Waals surface area contributed by atoms with E-state index in [0.29, 0.717) is 25.9 Å². The number of carbonyl (C=O) groups excluding carboxylic acids is 1. The Bertz CT molecular complexity index is 512. The molecule has 1 aromatic carbocycles. The third-order valence-corrected chi connectivity index (χ3v) is 3.33. The van der Waals surface area contributed by atoms with Crippen molar-refractivity contribution < 1.29 is 9.18 Å². The first-order valence-electron chi connectivity index (χ1n) is 5.71. The van der Waals surface area contributed by atoms with Crippen LogP contribution in [0.4, 0.5) is 4.39 Å². The number of likely N-dealkylation sites (tertiary alicyclic amines) is 1. The van der Waals surface area contributed by atoms with Gasteiger partial charge in [0.15, 0.2) is 0 Å². The Morgan fingerprint density at radius 2 is 2.33 bits per heavy atom. The molecule has 5 heteroatoms. The lowest BCUT2D eigenvalue weighted by atomic mass is 9.98. The summed E-state index contributed by atoms with van der Waals surface area (Å²) >= 11 is 5.69. The van der Waals surface area contributed by atoms with Crippen LogP contribution in [-0.4, -0.2) is 17.4 Å². The maximum Gasteiger partial charge on any atom is 0.222 e. The molecule has 3 nitrogen and oxygen atoms in total. The Morgan fingerprint density at radius 1 is 1.56 bits per heavy atom. The summed E-state index contributed by atoms with van der Waals surface area (Å²) in [7, 11) is 0. The van der Waals surface area contributed by atoms with Gasteiger partial charge in [-0.15, -0.1) is 0 Å². The molecule has 18 heavy (non-hydrogen) atoms. The highest BCUT2D eigenvalue weighted by Crippen LogP contribution is 2.21. The van der Waals surface area contributed by atoms with E-state index in [4.69, 9.17) is 16.9 Å². The largest absolute Gasteiger partial charge is 0.337 e. The molecule has 1 aliphatic heterocycles. The second kappa shape index (κ2) is 5.36. The SMILES string of the molecule is N#CC1CCC(=O)N(Cc2ccc(F)c(Cl)c2)C1. The fourth-order valence-corrected chi connectivity index (χ4v) is 2.23. The number of piperidine rings is 1. The van der Waals surface area contributed by atoms with E-state index in [9.17, 15) is 9.18 Å². The third-order valence-electron chi connectivity index (χ3n) is 3.04. The molecule has 0 aromatic heterocycles. The van der Waals surface area contributed by atoms with Gasteiger partial charge in [0.25, 0.3) is 0 Å². The van der Waals surface area contributed by atoms with Crippen LogP contribution in [0.5, 0.6) is 0 Å². The van der Waals surface area contributed by atoms with Crippen LogP contribution >= 0.6 is 11.6 Å². The Labute approximate surface area is 110 Å². The fraction of sp³-hybridized carbons (Fsp3) is 0.385. The van der Waals surface area contributed by atoms with E-state index in [-0.39, 0.29) is 16.8 Å². The van der Waals surface area contributed by atoms with Gasteiger partial charge in [-0.1, -0.05) is 17.7 Å². The van der Waals surface area contributed by atoms with Crippen molar-refractivity contribution in [2.45, 2.75) is 19.4 Å². The summed E-state index contributed by atoms with van der Waals surface area (Å²) in [6, 6.07) is 6.58. The van der Waals surface area contributed by atoms with E-state index in [0.717, 1.165) is 5.56 Å². The fourth-order valence-electron chi connectivity index (χ4n) is 2.03. The van der Waals surface area contributed by atoms with E-state index in [1.807, 2.05) is 0 Å². The zero-order chi connectivity index (χ0) is 13.1. The maximum atomic E-state index is 13.0. The molecule has 1 amide bonds. The van der Waals surface area contributed by atoms with Crippen LogP contribution in [0.2, 0.25) is 5.02 Å². The molecule has 1 heterocycles. The molecule has 0 spiro atoms. The summed E-state index contributed by atoms with van der Waals surface area (Å²) in [5.41, 5.74) is 0.772. The van der Waals surface area contributed by atoms with Crippen molar-refractivity contribution in [1.29, 1.82) is 5.26 Å². The first-order chi connectivity index (χ1) is 8.60. The predicted molar refractivity (Wildman–Crippen MR) is 65.2 cm³/mol. The van der Waals surface area contributed by atoms with Crippen molar-refractivity contribution in [3.8, 4) is 6.07 Å². The van der Waals surface area contributed by atoms with Gasteiger partial charge in [-0.2, -0.15) is 5.26 Å². The summed E-state index contributed by atoms with van der Waals surface area (Å²) in [5, 5.41) is 8.93. The number of hydrogen-bond donors (Lipinski definition) is 0. The highest BCUT2D eigenvalue weighted by molar-refractivity contribution is 6.30. The minimum atomic E-state index is -0.472. The van der Waals surface area contributed by atoms with E-state index in [1.165, 1.54) is 12.1 Å². The first kappa shape index (κ1) is 12.8. The summed E-state index contributed by atoms with van der Waals surface area (Å²) in [6.45, 7) is 0.807. The zero-order valence-corrected chi connectivity index (χ0v) is 10.5. The molecule has 1 atom stereocenters. The number of amides is 1. The van der Waals surface area contributed by atoms with Gasteiger partial charge in [0.05, 0.1) is 17.0 Å². The van der Waals surface area contributed by atoms with Crippen molar-refractivity contribution in [3.05, 3.63) is 34.6 Å². The molecule has 0 saturated carbocycles. The molecule has 1 unspecified atom stereocenters. The second-order valence-electron chi connectivity index (χ2n) is 4.39. The van der Waals surface area contributed by atoms with Crippen LogP contribution in [0.3, 0.4) is 0 Å². The average molecular weight is 267 g/mol. The summed E-state index contributed by atoms with van der Waals surface area (Å²) in [6.07, 6.45) is 1.02. The lowest BCUT2D eigenvalue weighted by molar-refractivity contribution is -0.134. The topological polar surface area (TPSA) is 44.1 Å². The zero-order valence-electron chi connectivity index (χ0n) is 9.70. The van der Waals surface area contributed by atoms with Gasteiger partial charge in [-0.05, 0) is 24.1 Å². The molecule has 1 aliphatic rings. The molecule has 94 valence electrons.